The minimum atomic E-state index is -1.01. The van der Waals surface area contributed by atoms with Gasteiger partial charge in [0.05, 0.1) is 28.3 Å². The maximum atomic E-state index is 12.2. The Bertz CT molecular complexity index is 1310. The van der Waals surface area contributed by atoms with E-state index in [1.54, 1.807) is 12.1 Å². The van der Waals surface area contributed by atoms with E-state index < -0.39 is 22.7 Å². The molecule has 34 heavy (non-hydrogen) atoms. The standard InChI is InChI=1S/C23H15N5O6/c24-13-15-4-8-18(9-5-15)26-21(29)22(30)27-25-14-16-2-1-3-20(12-16)34-23(31)17-6-10-19(11-7-17)28(32)33/h1-12,14H,(H,26,29)(H,27,30)/b25-14+. The first-order valence-corrected chi connectivity index (χ1v) is 9.57. The first-order chi connectivity index (χ1) is 16.4. The molecular formula is C23H15N5O6. The Kier molecular flexibility index (Phi) is 7.39. The van der Waals surface area contributed by atoms with Crippen molar-refractivity contribution in [1.29, 1.82) is 5.26 Å². The molecule has 2 amide bonds. The van der Waals surface area contributed by atoms with Crippen LogP contribution in [0.1, 0.15) is 21.5 Å². The second-order valence-corrected chi connectivity index (χ2v) is 6.61. The summed E-state index contributed by atoms with van der Waals surface area (Å²) in [6.07, 6.45) is 1.25. The van der Waals surface area contributed by atoms with Crippen LogP contribution in [-0.4, -0.2) is 28.9 Å². The van der Waals surface area contributed by atoms with Crippen molar-refractivity contribution in [2.75, 3.05) is 5.32 Å². The van der Waals surface area contributed by atoms with Gasteiger partial charge in [0.15, 0.2) is 0 Å². The second kappa shape index (κ2) is 10.8. The molecule has 0 aliphatic heterocycles. The number of esters is 1. The molecular weight excluding hydrogens is 442 g/mol. The number of ether oxygens (including phenoxy) is 1. The molecule has 0 fully saturated rings. The van der Waals surface area contributed by atoms with Crippen LogP contribution in [0, 0.1) is 21.4 Å². The van der Waals surface area contributed by atoms with Gasteiger partial charge in [-0.2, -0.15) is 10.4 Å². The zero-order valence-corrected chi connectivity index (χ0v) is 17.3. The fourth-order valence-corrected chi connectivity index (χ4v) is 2.58. The van der Waals surface area contributed by atoms with Gasteiger partial charge in [-0.1, -0.05) is 12.1 Å². The van der Waals surface area contributed by atoms with Crippen LogP contribution in [0.25, 0.3) is 0 Å². The maximum Gasteiger partial charge on any atom is 0.343 e. The second-order valence-electron chi connectivity index (χ2n) is 6.61. The van der Waals surface area contributed by atoms with Gasteiger partial charge in [-0.25, -0.2) is 10.2 Å². The lowest BCUT2D eigenvalue weighted by atomic mass is 10.2. The van der Waals surface area contributed by atoms with Gasteiger partial charge in [-0.05, 0) is 54.1 Å². The Morgan fingerprint density at radius 3 is 2.35 bits per heavy atom. The van der Waals surface area contributed by atoms with Gasteiger partial charge in [-0.3, -0.25) is 19.7 Å². The summed E-state index contributed by atoms with van der Waals surface area (Å²) in [5, 5.41) is 25.5. The van der Waals surface area contributed by atoms with E-state index in [1.807, 2.05) is 6.07 Å². The monoisotopic (exact) mass is 457 g/mol. The lowest BCUT2D eigenvalue weighted by Gasteiger charge is -2.05. The van der Waals surface area contributed by atoms with E-state index in [9.17, 15) is 24.5 Å². The molecule has 0 radical (unpaired) electrons. The highest BCUT2D eigenvalue weighted by molar-refractivity contribution is 6.39. The smallest absolute Gasteiger partial charge is 0.343 e. The molecule has 0 spiro atoms. The van der Waals surface area contributed by atoms with Crippen LogP contribution < -0.4 is 15.5 Å². The van der Waals surface area contributed by atoms with Crippen LogP contribution in [0.4, 0.5) is 11.4 Å². The number of benzene rings is 3. The van der Waals surface area contributed by atoms with Crippen LogP contribution in [-0.2, 0) is 9.59 Å². The minimum absolute atomic E-state index is 0.130. The van der Waals surface area contributed by atoms with E-state index in [2.05, 4.69) is 15.8 Å². The average molecular weight is 457 g/mol. The van der Waals surface area contributed by atoms with Crippen LogP contribution in [0.5, 0.6) is 5.75 Å². The lowest BCUT2D eigenvalue weighted by Crippen LogP contribution is -2.32. The van der Waals surface area contributed by atoms with Gasteiger partial charge in [0.2, 0.25) is 0 Å². The van der Waals surface area contributed by atoms with Gasteiger partial charge < -0.3 is 10.1 Å². The number of amides is 2. The molecule has 11 nitrogen and oxygen atoms in total. The normalized spacial score (nSPS) is 10.2. The first kappa shape index (κ1) is 23.3. The predicted octanol–water partition coefficient (Wildman–Crippen LogP) is 2.77. The van der Waals surface area contributed by atoms with E-state index in [0.717, 1.165) is 0 Å². The van der Waals surface area contributed by atoms with Gasteiger partial charge >= 0.3 is 17.8 Å². The fourth-order valence-electron chi connectivity index (χ4n) is 2.58. The molecule has 0 saturated heterocycles. The van der Waals surface area contributed by atoms with Gasteiger partial charge in [-0.15, -0.1) is 0 Å². The Morgan fingerprint density at radius 1 is 1.00 bits per heavy atom. The van der Waals surface area contributed by atoms with E-state index in [-0.39, 0.29) is 17.0 Å². The molecule has 0 bridgehead atoms. The number of nitro groups is 1. The Balaban J connectivity index is 1.55. The predicted molar refractivity (Wildman–Crippen MR) is 120 cm³/mol. The Hall–Kier alpha value is -5.37. The quantitative estimate of drug-likeness (QED) is 0.143. The fraction of sp³-hybridized carbons (Fsp3) is 0. The zero-order chi connectivity index (χ0) is 24.5. The van der Waals surface area contributed by atoms with Crippen molar-refractivity contribution >= 4 is 35.4 Å². The van der Waals surface area contributed by atoms with Gasteiger partial charge in [0, 0.05) is 17.8 Å². The highest BCUT2D eigenvalue weighted by Crippen LogP contribution is 2.17. The van der Waals surface area contributed by atoms with E-state index >= 15 is 0 Å². The highest BCUT2D eigenvalue weighted by Gasteiger charge is 2.13. The molecule has 2 N–H and O–H groups in total. The largest absolute Gasteiger partial charge is 0.423 e. The number of nitrogens with one attached hydrogen (secondary N) is 2. The molecule has 3 aromatic carbocycles. The molecule has 0 aliphatic rings. The number of non-ortho nitro benzene ring substituents is 1. The molecule has 0 unspecified atom stereocenters. The first-order valence-electron chi connectivity index (χ1n) is 9.57. The molecule has 0 saturated carbocycles. The number of hydrogen-bond acceptors (Lipinski definition) is 8. The summed E-state index contributed by atoms with van der Waals surface area (Å²) in [5.74, 6) is -2.50. The van der Waals surface area contributed by atoms with Crippen molar-refractivity contribution in [3.05, 3.63) is 99.6 Å². The molecule has 168 valence electrons. The molecule has 0 aromatic heterocycles. The van der Waals surface area contributed by atoms with Crippen molar-refractivity contribution in [3.63, 3.8) is 0 Å². The number of hydrogen-bond donors (Lipinski definition) is 2. The third-order valence-corrected chi connectivity index (χ3v) is 4.24. The number of nitro benzene ring substituents is 1. The van der Waals surface area contributed by atoms with Crippen LogP contribution in [0.15, 0.2) is 77.9 Å². The lowest BCUT2D eigenvalue weighted by molar-refractivity contribution is -0.384. The summed E-state index contributed by atoms with van der Waals surface area (Å²) < 4.78 is 5.25. The van der Waals surface area contributed by atoms with Crippen molar-refractivity contribution in [2.24, 2.45) is 5.10 Å². The van der Waals surface area contributed by atoms with Gasteiger partial charge in [0.1, 0.15) is 5.75 Å². The van der Waals surface area contributed by atoms with Crippen molar-refractivity contribution in [3.8, 4) is 11.8 Å². The van der Waals surface area contributed by atoms with Crippen LogP contribution in [0.2, 0.25) is 0 Å². The number of carbonyl (C=O) groups excluding carboxylic acids is 3. The Labute approximate surface area is 192 Å². The average Bonchev–Trinajstić information content (AvgIpc) is 2.84. The number of nitrogens with zero attached hydrogens (tertiary/aromatic N) is 3. The molecule has 0 heterocycles. The summed E-state index contributed by atoms with van der Waals surface area (Å²) in [7, 11) is 0. The molecule has 0 atom stereocenters. The highest BCUT2D eigenvalue weighted by atomic mass is 16.6. The van der Waals surface area contributed by atoms with Crippen molar-refractivity contribution < 1.29 is 24.0 Å². The summed E-state index contributed by atoms with van der Waals surface area (Å²) in [6.45, 7) is 0. The topological polar surface area (TPSA) is 164 Å². The SMILES string of the molecule is N#Cc1ccc(NC(=O)C(=O)N/N=C/c2cccc(OC(=O)c3ccc([N+](=O)[O-])cc3)c2)cc1. The summed E-state index contributed by atoms with van der Waals surface area (Å²) in [6, 6.07) is 19.0. The number of carbonyl (C=O) groups is 3. The number of hydrazone groups is 1. The van der Waals surface area contributed by atoms with Gasteiger partial charge in [0.25, 0.3) is 5.69 Å². The zero-order valence-electron chi connectivity index (χ0n) is 17.3. The van der Waals surface area contributed by atoms with Crippen molar-refractivity contribution in [2.45, 2.75) is 0 Å². The third-order valence-electron chi connectivity index (χ3n) is 4.24. The third kappa shape index (κ3) is 6.32. The maximum absolute atomic E-state index is 12.2. The summed E-state index contributed by atoms with van der Waals surface area (Å²) >= 11 is 0. The van der Waals surface area contributed by atoms with E-state index in [1.165, 1.54) is 66.9 Å². The number of rotatable bonds is 6. The van der Waals surface area contributed by atoms with Crippen LogP contribution >= 0.6 is 0 Å². The van der Waals surface area contributed by atoms with Crippen LogP contribution in [0.3, 0.4) is 0 Å². The number of anilines is 1. The van der Waals surface area contributed by atoms with E-state index in [4.69, 9.17) is 10.00 Å². The molecule has 3 aromatic rings. The Morgan fingerprint density at radius 2 is 1.71 bits per heavy atom. The molecule has 0 aliphatic carbocycles. The van der Waals surface area contributed by atoms with Crippen molar-refractivity contribution in [1.82, 2.24) is 5.43 Å². The summed E-state index contributed by atoms with van der Waals surface area (Å²) in [5.41, 5.74) is 3.27. The number of nitriles is 1. The summed E-state index contributed by atoms with van der Waals surface area (Å²) in [4.78, 5) is 46.2. The molecule has 3 rings (SSSR count). The van der Waals surface area contributed by atoms with E-state index in [0.29, 0.717) is 16.8 Å². The minimum Gasteiger partial charge on any atom is -0.423 e. The molecule has 11 heteroatoms.